The third-order valence-corrected chi connectivity index (χ3v) is 5.90. The van der Waals surface area contributed by atoms with Crippen molar-refractivity contribution in [1.29, 1.82) is 0 Å². The van der Waals surface area contributed by atoms with Gasteiger partial charge in [0.15, 0.2) is 0 Å². The molecule has 0 aliphatic heterocycles. The second-order valence-corrected chi connectivity index (χ2v) is 8.33. The Morgan fingerprint density at radius 1 is 0.821 bits per heavy atom. The molecule has 0 amide bonds. The van der Waals surface area contributed by atoms with Crippen molar-refractivity contribution in [2.75, 3.05) is 6.54 Å². The van der Waals surface area contributed by atoms with Gasteiger partial charge in [-0.1, -0.05) is 94.0 Å². The van der Waals surface area contributed by atoms with Gasteiger partial charge in [-0.3, -0.25) is 0 Å². The SMILES string of the molecule is CCCCC/C=C\C/C=C\CCCCCCCCNC1CCc2ccccc21. The molecule has 1 aromatic rings. The molecule has 1 aliphatic rings. The Labute approximate surface area is 174 Å². The van der Waals surface area contributed by atoms with Crippen molar-refractivity contribution < 1.29 is 0 Å². The lowest BCUT2D eigenvalue weighted by Gasteiger charge is -2.13. The molecule has 156 valence electrons. The van der Waals surface area contributed by atoms with Crippen LogP contribution in [0.3, 0.4) is 0 Å². The van der Waals surface area contributed by atoms with E-state index in [1.807, 2.05) is 0 Å². The van der Waals surface area contributed by atoms with Crippen LogP contribution in [-0.2, 0) is 6.42 Å². The predicted octanol–water partition coefficient (Wildman–Crippen LogP) is 8.08. The van der Waals surface area contributed by atoms with Gasteiger partial charge in [-0.25, -0.2) is 0 Å². The van der Waals surface area contributed by atoms with E-state index in [9.17, 15) is 0 Å². The molecular weight excluding hydrogens is 338 g/mol. The van der Waals surface area contributed by atoms with Gasteiger partial charge in [-0.2, -0.15) is 0 Å². The van der Waals surface area contributed by atoms with Crippen molar-refractivity contribution in [2.45, 2.75) is 103 Å². The first-order valence-corrected chi connectivity index (χ1v) is 12.0. The van der Waals surface area contributed by atoms with Crippen LogP contribution in [0, 0.1) is 0 Å². The fourth-order valence-corrected chi connectivity index (χ4v) is 4.16. The van der Waals surface area contributed by atoms with Gasteiger partial charge < -0.3 is 5.32 Å². The molecule has 1 unspecified atom stereocenters. The number of unbranched alkanes of at least 4 members (excludes halogenated alkanes) is 9. The summed E-state index contributed by atoms with van der Waals surface area (Å²) < 4.78 is 0. The fourth-order valence-electron chi connectivity index (χ4n) is 4.16. The van der Waals surface area contributed by atoms with Crippen molar-refractivity contribution in [1.82, 2.24) is 5.32 Å². The summed E-state index contributed by atoms with van der Waals surface area (Å²) >= 11 is 0. The zero-order chi connectivity index (χ0) is 19.7. The third kappa shape index (κ3) is 9.73. The average molecular weight is 382 g/mol. The maximum absolute atomic E-state index is 3.77. The number of aryl methyl sites for hydroxylation is 1. The molecule has 28 heavy (non-hydrogen) atoms. The van der Waals surface area contributed by atoms with Gasteiger partial charge in [0, 0.05) is 6.04 Å². The van der Waals surface area contributed by atoms with Gasteiger partial charge in [-0.15, -0.1) is 0 Å². The van der Waals surface area contributed by atoms with E-state index in [0.29, 0.717) is 6.04 Å². The summed E-state index contributed by atoms with van der Waals surface area (Å²) in [5.41, 5.74) is 3.10. The number of rotatable bonds is 16. The topological polar surface area (TPSA) is 12.0 Å². The Kier molecular flexibility index (Phi) is 12.8. The van der Waals surface area contributed by atoms with E-state index >= 15 is 0 Å². The molecule has 2 rings (SSSR count). The molecule has 0 saturated heterocycles. The summed E-state index contributed by atoms with van der Waals surface area (Å²) in [6.07, 6.45) is 27.8. The molecule has 1 atom stereocenters. The maximum atomic E-state index is 3.77. The van der Waals surface area contributed by atoms with Crippen LogP contribution in [0.2, 0.25) is 0 Å². The standard InChI is InChI=1S/C27H43N/c1-2-3-4-5-6-7-8-9-10-11-12-13-14-15-16-19-24-28-27-23-22-25-20-17-18-21-26(25)27/h6-7,9-10,17-18,20-21,27-28H,2-5,8,11-16,19,22-24H2,1H3/b7-6-,10-9-. The van der Waals surface area contributed by atoms with Gasteiger partial charge in [0.1, 0.15) is 0 Å². The zero-order valence-corrected chi connectivity index (χ0v) is 18.3. The number of benzene rings is 1. The second kappa shape index (κ2) is 15.6. The van der Waals surface area contributed by atoms with E-state index < -0.39 is 0 Å². The van der Waals surface area contributed by atoms with Crippen LogP contribution in [0.4, 0.5) is 0 Å². The van der Waals surface area contributed by atoms with E-state index in [2.05, 4.69) is 60.8 Å². The van der Waals surface area contributed by atoms with Crippen molar-refractivity contribution >= 4 is 0 Å². The first-order valence-electron chi connectivity index (χ1n) is 12.0. The predicted molar refractivity (Wildman–Crippen MR) is 125 cm³/mol. The van der Waals surface area contributed by atoms with Gasteiger partial charge >= 0.3 is 0 Å². The highest BCUT2D eigenvalue weighted by atomic mass is 14.9. The van der Waals surface area contributed by atoms with E-state index in [4.69, 9.17) is 0 Å². The van der Waals surface area contributed by atoms with Crippen molar-refractivity contribution in [2.24, 2.45) is 0 Å². The van der Waals surface area contributed by atoms with Gasteiger partial charge in [0.25, 0.3) is 0 Å². The minimum atomic E-state index is 0.606. The Bertz CT molecular complexity index is 557. The van der Waals surface area contributed by atoms with Crippen LogP contribution >= 0.6 is 0 Å². The summed E-state index contributed by atoms with van der Waals surface area (Å²) in [7, 11) is 0. The fraction of sp³-hybridized carbons (Fsp3) is 0.630. The molecule has 1 aliphatic carbocycles. The Morgan fingerprint density at radius 3 is 2.29 bits per heavy atom. The number of hydrogen-bond donors (Lipinski definition) is 1. The lowest BCUT2D eigenvalue weighted by molar-refractivity contribution is 0.500. The van der Waals surface area contributed by atoms with Crippen molar-refractivity contribution in [3.63, 3.8) is 0 Å². The van der Waals surface area contributed by atoms with Crippen LogP contribution in [0.25, 0.3) is 0 Å². The summed E-state index contributed by atoms with van der Waals surface area (Å²) in [4.78, 5) is 0. The third-order valence-electron chi connectivity index (χ3n) is 5.90. The Hall–Kier alpha value is -1.34. The van der Waals surface area contributed by atoms with Crippen LogP contribution in [0.1, 0.15) is 108 Å². The lowest BCUT2D eigenvalue weighted by atomic mass is 10.1. The highest BCUT2D eigenvalue weighted by Gasteiger charge is 2.20. The Morgan fingerprint density at radius 2 is 1.50 bits per heavy atom. The highest BCUT2D eigenvalue weighted by molar-refractivity contribution is 5.34. The van der Waals surface area contributed by atoms with E-state index in [-0.39, 0.29) is 0 Å². The van der Waals surface area contributed by atoms with E-state index in [0.717, 1.165) is 6.42 Å². The van der Waals surface area contributed by atoms with Gasteiger partial charge in [0.05, 0.1) is 0 Å². The van der Waals surface area contributed by atoms with Gasteiger partial charge in [-0.05, 0) is 69.0 Å². The van der Waals surface area contributed by atoms with Crippen molar-refractivity contribution in [3.8, 4) is 0 Å². The number of fused-ring (bicyclic) bond motifs is 1. The lowest BCUT2D eigenvalue weighted by Crippen LogP contribution is -2.20. The quantitative estimate of drug-likeness (QED) is 0.225. The summed E-state index contributed by atoms with van der Waals surface area (Å²) in [5.74, 6) is 0. The molecule has 1 heteroatoms. The number of allylic oxidation sites excluding steroid dienone is 4. The molecule has 1 nitrogen and oxygen atoms in total. The van der Waals surface area contributed by atoms with Crippen LogP contribution < -0.4 is 5.32 Å². The smallest absolute Gasteiger partial charge is 0.0326 e. The molecule has 0 fully saturated rings. The molecule has 0 saturated carbocycles. The highest BCUT2D eigenvalue weighted by Crippen LogP contribution is 2.30. The largest absolute Gasteiger partial charge is 0.310 e. The van der Waals surface area contributed by atoms with Crippen molar-refractivity contribution in [3.05, 3.63) is 59.7 Å². The average Bonchev–Trinajstić information content (AvgIpc) is 3.13. The van der Waals surface area contributed by atoms with Crippen LogP contribution in [-0.4, -0.2) is 6.54 Å². The molecule has 1 aromatic carbocycles. The number of hydrogen-bond acceptors (Lipinski definition) is 1. The first-order chi connectivity index (χ1) is 13.9. The molecule has 0 aromatic heterocycles. The Balaban J connectivity index is 1.34. The molecule has 0 radical (unpaired) electrons. The van der Waals surface area contributed by atoms with Crippen LogP contribution in [0.5, 0.6) is 0 Å². The van der Waals surface area contributed by atoms with Gasteiger partial charge in [0.2, 0.25) is 0 Å². The van der Waals surface area contributed by atoms with E-state index in [1.165, 1.54) is 90.0 Å². The zero-order valence-electron chi connectivity index (χ0n) is 18.3. The minimum Gasteiger partial charge on any atom is -0.310 e. The monoisotopic (exact) mass is 381 g/mol. The molecule has 0 heterocycles. The summed E-state index contributed by atoms with van der Waals surface area (Å²) in [6, 6.07) is 9.55. The molecule has 1 N–H and O–H groups in total. The normalized spacial score (nSPS) is 16.4. The minimum absolute atomic E-state index is 0.606. The number of nitrogens with one attached hydrogen (secondary N) is 1. The molecule has 0 bridgehead atoms. The summed E-state index contributed by atoms with van der Waals surface area (Å²) in [6.45, 7) is 3.44. The van der Waals surface area contributed by atoms with E-state index in [1.54, 1.807) is 11.1 Å². The van der Waals surface area contributed by atoms with Crippen LogP contribution in [0.15, 0.2) is 48.6 Å². The maximum Gasteiger partial charge on any atom is 0.0326 e. The molecular formula is C27H43N. The first kappa shape index (κ1) is 22.9. The molecule has 0 spiro atoms. The summed E-state index contributed by atoms with van der Waals surface area (Å²) in [5, 5.41) is 3.77. The second-order valence-electron chi connectivity index (χ2n) is 8.33.